The van der Waals surface area contributed by atoms with Crippen molar-refractivity contribution in [3.05, 3.63) is 80.5 Å². The summed E-state index contributed by atoms with van der Waals surface area (Å²) in [6, 6.07) is 12.8. The second kappa shape index (κ2) is 7.16. The zero-order chi connectivity index (χ0) is 20.5. The first-order valence-corrected chi connectivity index (χ1v) is 8.59. The van der Waals surface area contributed by atoms with Crippen molar-refractivity contribution in [3.8, 4) is 11.5 Å². The molecule has 2 aromatic carbocycles. The van der Waals surface area contributed by atoms with Gasteiger partial charge in [-0.3, -0.25) is 0 Å². The first-order valence-electron chi connectivity index (χ1n) is 8.59. The van der Waals surface area contributed by atoms with Gasteiger partial charge in [0.25, 0.3) is 0 Å². The number of benzene rings is 2. The third kappa shape index (κ3) is 3.00. The van der Waals surface area contributed by atoms with E-state index in [1.54, 1.807) is 36.4 Å². The van der Waals surface area contributed by atoms with Gasteiger partial charge >= 0.3 is 11.3 Å². The maximum Gasteiger partial charge on any atom is 0.344 e. The van der Waals surface area contributed by atoms with Crippen molar-refractivity contribution in [1.82, 2.24) is 0 Å². The first kappa shape index (κ1) is 18.3. The minimum Gasteiger partial charge on any atom is -0.507 e. The van der Waals surface area contributed by atoms with Crippen molar-refractivity contribution >= 4 is 28.2 Å². The molecular formula is C21H15NO7. The minimum atomic E-state index is -1.28. The highest BCUT2D eigenvalue weighted by Crippen LogP contribution is 2.37. The maximum absolute atomic E-state index is 12.7. The molecule has 0 fully saturated rings. The predicted molar refractivity (Wildman–Crippen MR) is 106 cm³/mol. The van der Waals surface area contributed by atoms with Crippen LogP contribution in [0.15, 0.2) is 72.1 Å². The van der Waals surface area contributed by atoms with Crippen molar-refractivity contribution in [1.29, 1.82) is 0 Å². The number of hydrogen-bond acceptors (Lipinski definition) is 8. The van der Waals surface area contributed by atoms with E-state index in [1.807, 2.05) is 0 Å². The summed E-state index contributed by atoms with van der Waals surface area (Å²) in [6.45, 7) is 0. The molecule has 0 spiro atoms. The molecule has 0 radical (unpaired) electrons. The van der Waals surface area contributed by atoms with Crippen LogP contribution in [-0.2, 0) is 4.84 Å². The average Bonchev–Trinajstić information content (AvgIpc) is 2.71. The molecule has 2 N–H and O–H groups in total. The SMILES string of the molecule is CON=CC(c1c(O)c2ccccc2oc1=O)c1c(O)c2ccccc2oc1=O. The van der Waals surface area contributed by atoms with E-state index in [1.165, 1.54) is 19.2 Å². The highest BCUT2D eigenvalue weighted by atomic mass is 16.6. The average molecular weight is 393 g/mol. The van der Waals surface area contributed by atoms with E-state index >= 15 is 0 Å². The summed E-state index contributed by atoms with van der Waals surface area (Å²) in [7, 11) is 1.28. The molecule has 4 rings (SSSR count). The lowest BCUT2D eigenvalue weighted by atomic mass is 9.91. The smallest absolute Gasteiger partial charge is 0.344 e. The molecule has 0 saturated carbocycles. The molecule has 2 aromatic heterocycles. The Morgan fingerprint density at radius 1 is 0.862 bits per heavy atom. The Balaban J connectivity index is 2.07. The third-order valence-corrected chi connectivity index (χ3v) is 4.58. The summed E-state index contributed by atoms with van der Waals surface area (Å²) in [4.78, 5) is 30.0. The topological polar surface area (TPSA) is 122 Å². The number of fused-ring (bicyclic) bond motifs is 2. The fourth-order valence-corrected chi connectivity index (χ4v) is 3.26. The van der Waals surface area contributed by atoms with Crippen LogP contribution >= 0.6 is 0 Å². The fourth-order valence-electron chi connectivity index (χ4n) is 3.26. The van der Waals surface area contributed by atoms with Gasteiger partial charge in [-0.15, -0.1) is 0 Å². The Labute approximate surface area is 162 Å². The predicted octanol–water partition coefficient (Wildman–Crippen LogP) is 3.07. The van der Waals surface area contributed by atoms with Gasteiger partial charge in [0.15, 0.2) is 0 Å². The second-order valence-corrected chi connectivity index (χ2v) is 6.21. The Morgan fingerprint density at radius 3 is 1.76 bits per heavy atom. The molecule has 4 aromatic rings. The number of para-hydroxylation sites is 2. The standard InChI is InChI=1S/C21H15NO7/c1-27-22-10-13(16-18(23)11-6-2-4-8-14(11)28-20(16)25)17-19(24)12-7-3-5-9-15(12)29-21(17)26/h2-10,13,23-24H,1H3. The molecular weight excluding hydrogens is 378 g/mol. The molecule has 8 nitrogen and oxygen atoms in total. The third-order valence-electron chi connectivity index (χ3n) is 4.58. The van der Waals surface area contributed by atoms with Gasteiger partial charge in [0, 0.05) is 0 Å². The highest BCUT2D eigenvalue weighted by molar-refractivity contribution is 5.89. The molecule has 146 valence electrons. The quantitative estimate of drug-likeness (QED) is 0.310. The van der Waals surface area contributed by atoms with E-state index in [2.05, 4.69) is 5.16 Å². The lowest BCUT2D eigenvalue weighted by Gasteiger charge is -2.15. The molecule has 0 aliphatic rings. The summed E-state index contributed by atoms with van der Waals surface area (Å²) < 4.78 is 10.6. The Morgan fingerprint density at radius 2 is 1.31 bits per heavy atom. The van der Waals surface area contributed by atoms with Gasteiger partial charge in [-0.2, -0.15) is 0 Å². The zero-order valence-electron chi connectivity index (χ0n) is 15.2. The van der Waals surface area contributed by atoms with Crippen LogP contribution in [0.1, 0.15) is 17.0 Å². The summed E-state index contributed by atoms with van der Waals surface area (Å²) in [5.41, 5.74) is -1.97. The van der Waals surface area contributed by atoms with Crippen molar-refractivity contribution < 1.29 is 23.9 Å². The van der Waals surface area contributed by atoms with E-state index in [0.717, 1.165) is 6.21 Å². The number of rotatable bonds is 4. The van der Waals surface area contributed by atoms with E-state index < -0.39 is 28.7 Å². The van der Waals surface area contributed by atoms with E-state index in [9.17, 15) is 19.8 Å². The Hall–Kier alpha value is -4.07. The first-order chi connectivity index (χ1) is 14.0. The number of nitrogens with zero attached hydrogens (tertiary/aromatic N) is 1. The molecule has 0 bridgehead atoms. The number of aromatic hydroxyl groups is 2. The van der Waals surface area contributed by atoms with Gasteiger partial charge in [0.2, 0.25) is 0 Å². The van der Waals surface area contributed by atoms with Crippen molar-refractivity contribution in [2.75, 3.05) is 7.11 Å². The molecule has 0 atom stereocenters. The summed E-state index contributed by atoms with van der Waals surface area (Å²) in [5, 5.41) is 25.7. The lowest BCUT2D eigenvalue weighted by Crippen LogP contribution is -2.21. The van der Waals surface area contributed by atoms with Crippen LogP contribution in [0.5, 0.6) is 11.5 Å². The normalized spacial score (nSPS) is 11.7. The fraction of sp³-hybridized carbons (Fsp3) is 0.0952. The largest absolute Gasteiger partial charge is 0.507 e. The van der Waals surface area contributed by atoms with Gasteiger partial charge in [0.1, 0.15) is 29.8 Å². The lowest BCUT2D eigenvalue weighted by molar-refractivity contribution is 0.214. The second-order valence-electron chi connectivity index (χ2n) is 6.21. The maximum atomic E-state index is 12.7. The molecule has 29 heavy (non-hydrogen) atoms. The summed E-state index contributed by atoms with van der Waals surface area (Å²) in [6.07, 6.45) is 1.11. The van der Waals surface area contributed by atoms with Crippen LogP contribution in [0.25, 0.3) is 21.9 Å². The Kier molecular flexibility index (Phi) is 4.52. The van der Waals surface area contributed by atoms with Gasteiger partial charge in [-0.1, -0.05) is 29.4 Å². The molecule has 8 heteroatoms. The molecule has 0 aliphatic heterocycles. The Bertz CT molecular complexity index is 1270. The van der Waals surface area contributed by atoms with Crippen LogP contribution in [0.3, 0.4) is 0 Å². The number of hydrogen-bond donors (Lipinski definition) is 2. The number of oxime groups is 1. The molecule has 2 heterocycles. The van der Waals surface area contributed by atoms with Crippen LogP contribution < -0.4 is 11.3 Å². The van der Waals surface area contributed by atoms with Crippen LogP contribution in [-0.4, -0.2) is 23.5 Å². The highest BCUT2D eigenvalue weighted by Gasteiger charge is 2.30. The van der Waals surface area contributed by atoms with Crippen molar-refractivity contribution in [2.24, 2.45) is 5.16 Å². The van der Waals surface area contributed by atoms with E-state index in [4.69, 9.17) is 13.7 Å². The van der Waals surface area contributed by atoms with Gasteiger partial charge in [-0.25, -0.2) is 9.59 Å². The molecule has 0 unspecified atom stereocenters. The van der Waals surface area contributed by atoms with E-state index in [0.29, 0.717) is 0 Å². The van der Waals surface area contributed by atoms with Gasteiger partial charge in [0.05, 0.1) is 34.0 Å². The van der Waals surface area contributed by atoms with Crippen molar-refractivity contribution in [2.45, 2.75) is 5.92 Å². The van der Waals surface area contributed by atoms with Crippen LogP contribution in [0.4, 0.5) is 0 Å². The zero-order valence-corrected chi connectivity index (χ0v) is 15.2. The summed E-state index contributed by atoms with van der Waals surface area (Å²) in [5.74, 6) is -2.07. The molecule has 0 aliphatic carbocycles. The van der Waals surface area contributed by atoms with Crippen LogP contribution in [0, 0.1) is 0 Å². The monoisotopic (exact) mass is 393 g/mol. The van der Waals surface area contributed by atoms with E-state index in [-0.39, 0.29) is 33.1 Å². The summed E-state index contributed by atoms with van der Waals surface area (Å²) >= 11 is 0. The van der Waals surface area contributed by atoms with Crippen LogP contribution in [0.2, 0.25) is 0 Å². The van der Waals surface area contributed by atoms with Gasteiger partial charge in [-0.05, 0) is 24.3 Å². The minimum absolute atomic E-state index is 0.177. The van der Waals surface area contributed by atoms with Crippen molar-refractivity contribution in [3.63, 3.8) is 0 Å². The molecule has 0 amide bonds. The molecule has 0 saturated heterocycles. The van der Waals surface area contributed by atoms with Gasteiger partial charge < -0.3 is 23.9 Å².